The fourth-order valence-electron chi connectivity index (χ4n) is 2.77. The van der Waals surface area contributed by atoms with Crippen LogP contribution in [0.25, 0.3) is 0 Å². The van der Waals surface area contributed by atoms with Crippen molar-refractivity contribution in [2.45, 2.75) is 51.4 Å². The third kappa shape index (κ3) is 9.50. The summed E-state index contributed by atoms with van der Waals surface area (Å²) in [6.07, 6.45) is 0.553. The lowest BCUT2D eigenvalue weighted by atomic mass is 10.1. The zero-order valence-electron chi connectivity index (χ0n) is 19.7. The number of nitrogens with two attached hydrogens (primary N) is 1. The number of hydrogen-bond acceptors (Lipinski definition) is 9. The van der Waals surface area contributed by atoms with E-state index in [1.807, 2.05) is 0 Å². The SMILES string of the molecule is CC(C)(N)C(=O)N[C@H](COCc1ccc(F)cc1F)c1nnnn1CCOC(=O)NCCCCO. The van der Waals surface area contributed by atoms with E-state index in [0.717, 1.165) is 12.1 Å². The fourth-order valence-corrected chi connectivity index (χ4v) is 2.77. The van der Waals surface area contributed by atoms with Gasteiger partial charge >= 0.3 is 6.09 Å². The molecule has 0 radical (unpaired) electrons. The van der Waals surface area contributed by atoms with Crippen molar-refractivity contribution in [3.63, 3.8) is 0 Å². The second kappa shape index (κ2) is 13.6. The molecule has 194 valence electrons. The molecule has 0 bridgehead atoms. The van der Waals surface area contributed by atoms with Crippen molar-refractivity contribution in [2.24, 2.45) is 5.73 Å². The minimum Gasteiger partial charge on any atom is -0.448 e. The van der Waals surface area contributed by atoms with Gasteiger partial charge in [0.1, 0.15) is 24.3 Å². The Balaban J connectivity index is 2.00. The molecule has 35 heavy (non-hydrogen) atoms. The zero-order valence-corrected chi connectivity index (χ0v) is 19.7. The van der Waals surface area contributed by atoms with E-state index < -0.39 is 35.2 Å². The highest BCUT2D eigenvalue weighted by atomic mass is 19.1. The van der Waals surface area contributed by atoms with E-state index in [1.165, 1.54) is 24.6 Å². The number of benzene rings is 1. The minimum atomic E-state index is -1.21. The number of nitrogens with one attached hydrogen (secondary N) is 2. The van der Waals surface area contributed by atoms with Crippen LogP contribution in [0, 0.1) is 11.6 Å². The molecule has 0 saturated carbocycles. The number of tetrazole rings is 1. The molecule has 0 saturated heterocycles. The van der Waals surface area contributed by atoms with E-state index in [4.69, 9.17) is 20.3 Å². The number of hydrogen-bond donors (Lipinski definition) is 4. The van der Waals surface area contributed by atoms with Gasteiger partial charge in [0.2, 0.25) is 5.91 Å². The summed E-state index contributed by atoms with van der Waals surface area (Å²) in [7, 11) is 0. The van der Waals surface area contributed by atoms with E-state index in [9.17, 15) is 18.4 Å². The van der Waals surface area contributed by atoms with Gasteiger partial charge in [-0.25, -0.2) is 18.3 Å². The molecule has 0 unspecified atom stereocenters. The van der Waals surface area contributed by atoms with Gasteiger partial charge in [-0.3, -0.25) is 4.79 Å². The molecule has 2 amide bonds. The standard InChI is InChI=1S/C21H31F2N7O5/c1-21(2,24)19(32)26-17(13-34-12-14-5-6-15(22)11-16(14)23)18-27-28-29-30(18)8-10-35-20(33)25-7-3-4-9-31/h5-6,11,17,31H,3-4,7-10,12-13,24H2,1-2H3,(H,25,33)(H,26,32)/t17-/m1/s1. The number of nitrogens with zero attached hydrogens (tertiary/aromatic N) is 4. The first-order chi connectivity index (χ1) is 16.6. The molecule has 14 heteroatoms. The molecule has 0 aliphatic carbocycles. The van der Waals surface area contributed by atoms with Crippen molar-refractivity contribution in [3.05, 3.63) is 41.2 Å². The quantitative estimate of drug-likeness (QED) is 0.272. The highest BCUT2D eigenvalue weighted by Crippen LogP contribution is 2.15. The number of halogens is 2. The Kier molecular flexibility index (Phi) is 10.9. The van der Waals surface area contributed by atoms with Gasteiger partial charge in [0.05, 0.1) is 25.3 Å². The smallest absolute Gasteiger partial charge is 0.407 e. The number of rotatable bonds is 14. The summed E-state index contributed by atoms with van der Waals surface area (Å²) in [5.41, 5.74) is 4.79. The fraction of sp³-hybridized carbons (Fsp3) is 0.571. The Bertz CT molecular complexity index is 968. The van der Waals surface area contributed by atoms with Gasteiger partial charge in [-0.1, -0.05) is 6.07 Å². The van der Waals surface area contributed by atoms with Crippen molar-refractivity contribution in [2.75, 3.05) is 26.4 Å². The molecule has 1 heterocycles. The van der Waals surface area contributed by atoms with Gasteiger partial charge in [0.15, 0.2) is 5.82 Å². The first-order valence-corrected chi connectivity index (χ1v) is 11.0. The molecular formula is C21H31F2N7O5. The number of alkyl carbamates (subject to hydrolysis) is 1. The Morgan fingerprint density at radius 3 is 2.74 bits per heavy atom. The van der Waals surface area contributed by atoms with E-state index in [0.29, 0.717) is 19.4 Å². The van der Waals surface area contributed by atoms with Crippen LogP contribution in [0.1, 0.15) is 44.1 Å². The van der Waals surface area contributed by atoms with Gasteiger partial charge in [0.25, 0.3) is 0 Å². The Morgan fingerprint density at radius 2 is 2.06 bits per heavy atom. The summed E-state index contributed by atoms with van der Waals surface area (Å²) in [6, 6.07) is 2.26. The molecule has 2 rings (SSSR count). The van der Waals surface area contributed by atoms with Crippen molar-refractivity contribution >= 4 is 12.0 Å². The van der Waals surface area contributed by atoms with Crippen LogP contribution in [-0.2, 0) is 27.4 Å². The molecule has 1 aromatic heterocycles. The molecule has 2 aromatic rings. The maximum Gasteiger partial charge on any atom is 0.407 e. The number of carbonyl (C=O) groups excluding carboxylic acids is 2. The topological polar surface area (TPSA) is 167 Å². The van der Waals surface area contributed by atoms with E-state index in [-0.39, 0.29) is 44.4 Å². The van der Waals surface area contributed by atoms with Crippen LogP contribution in [0.5, 0.6) is 0 Å². The molecule has 1 atom stereocenters. The third-order valence-corrected chi connectivity index (χ3v) is 4.71. The Morgan fingerprint density at radius 1 is 1.29 bits per heavy atom. The molecule has 0 aliphatic heterocycles. The average Bonchev–Trinajstić information content (AvgIpc) is 3.25. The van der Waals surface area contributed by atoms with Crippen LogP contribution in [0.15, 0.2) is 18.2 Å². The lowest BCUT2D eigenvalue weighted by Crippen LogP contribution is -2.51. The van der Waals surface area contributed by atoms with E-state index in [2.05, 4.69) is 26.2 Å². The van der Waals surface area contributed by atoms with Gasteiger partial charge in [-0.15, -0.1) is 5.10 Å². The number of carbonyl (C=O) groups is 2. The Labute approximate surface area is 201 Å². The molecule has 12 nitrogen and oxygen atoms in total. The predicted octanol–water partition coefficient (Wildman–Crippen LogP) is 0.561. The summed E-state index contributed by atoms with van der Waals surface area (Å²) in [4.78, 5) is 24.2. The molecular weight excluding hydrogens is 468 g/mol. The summed E-state index contributed by atoms with van der Waals surface area (Å²) >= 11 is 0. The molecule has 0 aliphatic rings. The number of aliphatic hydroxyl groups is 1. The first kappa shape index (κ1) is 28.0. The molecule has 1 aromatic carbocycles. The zero-order chi connectivity index (χ0) is 25.8. The van der Waals surface area contributed by atoms with Crippen molar-refractivity contribution in [1.82, 2.24) is 30.8 Å². The van der Waals surface area contributed by atoms with Crippen LogP contribution >= 0.6 is 0 Å². The largest absolute Gasteiger partial charge is 0.448 e. The predicted molar refractivity (Wildman–Crippen MR) is 119 cm³/mol. The third-order valence-electron chi connectivity index (χ3n) is 4.71. The number of unbranched alkanes of at least 4 members (excludes halogenated alkanes) is 1. The lowest BCUT2D eigenvalue weighted by molar-refractivity contribution is -0.126. The van der Waals surface area contributed by atoms with Crippen LogP contribution < -0.4 is 16.4 Å². The molecule has 0 spiro atoms. The van der Waals surface area contributed by atoms with Gasteiger partial charge in [-0.05, 0) is 43.2 Å². The van der Waals surface area contributed by atoms with Gasteiger partial charge in [-0.2, -0.15) is 0 Å². The summed E-state index contributed by atoms with van der Waals surface area (Å²) < 4.78 is 39.0. The van der Waals surface area contributed by atoms with Crippen LogP contribution in [0.2, 0.25) is 0 Å². The van der Waals surface area contributed by atoms with E-state index in [1.54, 1.807) is 0 Å². The lowest BCUT2D eigenvalue weighted by Gasteiger charge is -2.23. The van der Waals surface area contributed by atoms with Crippen molar-refractivity contribution < 1.29 is 33.0 Å². The number of ether oxygens (including phenoxy) is 2. The van der Waals surface area contributed by atoms with Crippen LogP contribution in [0.4, 0.5) is 13.6 Å². The second-order valence-electron chi connectivity index (χ2n) is 8.25. The number of aliphatic hydroxyl groups excluding tert-OH is 1. The normalized spacial score (nSPS) is 12.3. The average molecular weight is 500 g/mol. The minimum absolute atomic E-state index is 0.0421. The van der Waals surface area contributed by atoms with Crippen LogP contribution in [0.3, 0.4) is 0 Å². The Hall–Kier alpha value is -3.23. The highest BCUT2D eigenvalue weighted by Gasteiger charge is 2.28. The van der Waals surface area contributed by atoms with Gasteiger partial charge in [0, 0.05) is 24.8 Å². The molecule has 5 N–H and O–H groups in total. The number of amides is 2. The van der Waals surface area contributed by atoms with Crippen molar-refractivity contribution in [3.8, 4) is 0 Å². The summed E-state index contributed by atoms with van der Waals surface area (Å²) in [5, 5.41) is 25.4. The second-order valence-corrected chi connectivity index (χ2v) is 8.25. The number of aromatic nitrogens is 4. The van der Waals surface area contributed by atoms with Crippen LogP contribution in [-0.4, -0.2) is 69.2 Å². The molecule has 0 fully saturated rings. The first-order valence-electron chi connectivity index (χ1n) is 11.0. The van der Waals surface area contributed by atoms with E-state index >= 15 is 0 Å². The highest BCUT2D eigenvalue weighted by molar-refractivity contribution is 5.85. The summed E-state index contributed by atoms with van der Waals surface area (Å²) in [6.45, 7) is 3.13. The maximum absolute atomic E-state index is 13.9. The van der Waals surface area contributed by atoms with Crippen molar-refractivity contribution in [1.29, 1.82) is 0 Å². The monoisotopic (exact) mass is 499 g/mol. The van der Waals surface area contributed by atoms with Gasteiger partial charge < -0.3 is 30.9 Å². The summed E-state index contributed by atoms with van der Waals surface area (Å²) in [5.74, 6) is -1.77. The maximum atomic E-state index is 13.9.